The molecule has 5 nitrogen and oxygen atoms in total. The van der Waals surface area contributed by atoms with Crippen LogP contribution in [0, 0.1) is 17.3 Å². The van der Waals surface area contributed by atoms with E-state index in [1.54, 1.807) is 0 Å². The number of carboxylic acids is 1. The molecule has 0 aromatic heterocycles. The van der Waals surface area contributed by atoms with Crippen molar-refractivity contribution in [3.8, 4) is 0 Å². The Labute approximate surface area is 131 Å². The minimum absolute atomic E-state index is 0.0715. The molecule has 0 aromatic carbocycles. The van der Waals surface area contributed by atoms with Crippen LogP contribution in [0.25, 0.3) is 0 Å². The molecule has 2 saturated carbocycles. The van der Waals surface area contributed by atoms with Gasteiger partial charge in [0.25, 0.3) is 0 Å². The first kappa shape index (κ1) is 14.5. The Balaban J connectivity index is 1.45. The van der Waals surface area contributed by atoms with E-state index in [1.165, 1.54) is 25.7 Å². The number of nitrogens with zero attached hydrogens (tertiary/aromatic N) is 1. The molecule has 1 amide bonds. The van der Waals surface area contributed by atoms with Gasteiger partial charge in [-0.3, -0.25) is 9.59 Å². The van der Waals surface area contributed by atoms with Gasteiger partial charge in [0.05, 0.1) is 11.5 Å². The summed E-state index contributed by atoms with van der Waals surface area (Å²) in [7, 11) is 0. The number of hydrogen-bond acceptors (Lipinski definition) is 3. The monoisotopic (exact) mass is 306 g/mol. The van der Waals surface area contributed by atoms with Gasteiger partial charge in [0.1, 0.15) is 0 Å². The van der Waals surface area contributed by atoms with E-state index in [0.29, 0.717) is 25.0 Å². The van der Waals surface area contributed by atoms with Crippen molar-refractivity contribution in [2.75, 3.05) is 13.1 Å². The van der Waals surface area contributed by atoms with Gasteiger partial charge in [-0.05, 0) is 43.9 Å². The second-order valence-electron chi connectivity index (χ2n) is 7.88. The maximum absolute atomic E-state index is 12.9. The van der Waals surface area contributed by atoms with Crippen molar-refractivity contribution >= 4 is 11.9 Å². The molecule has 122 valence electrons. The predicted molar refractivity (Wildman–Crippen MR) is 81.3 cm³/mol. The zero-order chi connectivity index (χ0) is 15.3. The summed E-state index contributed by atoms with van der Waals surface area (Å²) in [5.41, 5.74) is -0.652. The highest BCUT2D eigenvalue weighted by molar-refractivity contribution is 5.85. The molecule has 4 aliphatic rings. The average molecular weight is 306 g/mol. The second kappa shape index (κ2) is 5.22. The molecule has 0 unspecified atom stereocenters. The molecule has 5 atom stereocenters. The fourth-order valence-electron chi connectivity index (χ4n) is 5.54. The van der Waals surface area contributed by atoms with Crippen LogP contribution in [0.15, 0.2) is 0 Å². The summed E-state index contributed by atoms with van der Waals surface area (Å²) in [4.78, 5) is 26.5. The van der Waals surface area contributed by atoms with Crippen LogP contribution in [0.1, 0.15) is 51.4 Å². The van der Waals surface area contributed by atoms with Crippen molar-refractivity contribution in [3.63, 3.8) is 0 Å². The summed E-state index contributed by atoms with van der Waals surface area (Å²) in [6.45, 7) is 1.08. The van der Waals surface area contributed by atoms with Crippen LogP contribution in [0.3, 0.4) is 0 Å². The Morgan fingerprint density at radius 3 is 2.68 bits per heavy atom. The first-order valence-corrected chi connectivity index (χ1v) is 8.88. The Kier molecular flexibility index (Phi) is 3.44. The van der Waals surface area contributed by atoms with Gasteiger partial charge in [0.2, 0.25) is 5.91 Å². The van der Waals surface area contributed by atoms with Crippen LogP contribution < -0.4 is 5.32 Å². The lowest BCUT2D eigenvalue weighted by atomic mass is 9.81. The highest BCUT2D eigenvalue weighted by Crippen LogP contribution is 2.49. The molecule has 2 aliphatic heterocycles. The third-order valence-electron chi connectivity index (χ3n) is 6.77. The summed E-state index contributed by atoms with van der Waals surface area (Å²) in [5.74, 6) is 0.277. The van der Waals surface area contributed by atoms with Crippen molar-refractivity contribution in [2.45, 2.75) is 63.5 Å². The number of fused-ring (bicyclic) bond motifs is 2. The summed E-state index contributed by atoms with van der Waals surface area (Å²) in [5, 5.41) is 13.2. The van der Waals surface area contributed by atoms with E-state index in [1.807, 2.05) is 4.90 Å². The number of hydrogen-bond donors (Lipinski definition) is 2. The summed E-state index contributed by atoms with van der Waals surface area (Å²) < 4.78 is 0. The zero-order valence-electron chi connectivity index (χ0n) is 13.1. The summed E-state index contributed by atoms with van der Waals surface area (Å²) in [6, 6.07) is 0.441. The van der Waals surface area contributed by atoms with Crippen LogP contribution >= 0.6 is 0 Å². The number of likely N-dealkylation sites (tertiary alicyclic amines) is 1. The van der Waals surface area contributed by atoms with Gasteiger partial charge >= 0.3 is 5.97 Å². The number of amides is 1. The summed E-state index contributed by atoms with van der Waals surface area (Å²) >= 11 is 0. The topological polar surface area (TPSA) is 69.6 Å². The highest BCUT2D eigenvalue weighted by atomic mass is 16.4. The number of aliphatic carboxylic acids is 1. The van der Waals surface area contributed by atoms with Crippen LogP contribution in [0.4, 0.5) is 0 Å². The minimum atomic E-state index is -0.696. The van der Waals surface area contributed by atoms with Gasteiger partial charge in [-0.25, -0.2) is 0 Å². The number of carbonyl (C=O) groups excluding carboxylic acids is 1. The van der Waals surface area contributed by atoms with Crippen molar-refractivity contribution in [3.05, 3.63) is 0 Å². The van der Waals surface area contributed by atoms with Crippen LogP contribution in [-0.2, 0) is 9.59 Å². The highest BCUT2D eigenvalue weighted by Gasteiger charge is 2.56. The molecule has 5 heteroatoms. The van der Waals surface area contributed by atoms with Gasteiger partial charge in [-0.2, -0.15) is 0 Å². The Bertz CT molecular complexity index is 480. The van der Waals surface area contributed by atoms with E-state index in [2.05, 4.69) is 5.32 Å². The van der Waals surface area contributed by atoms with Gasteiger partial charge in [0, 0.05) is 19.1 Å². The zero-order valence-corrected chi connectivity index (χ0v) is 13.1. The first-order chi connectivity index (χ1) is 10.6. The minimum Gasteiger partial charge on any atom is -0.481 e. The molecule has 4 fully saturated rings. The molecule has 2 N–H and O–H groups in total. The normalized spacial score (nSPS) is 43.9. The van der Waals surface area contributed by atoms with E-state index < -0.39 is 11.4 Å². The molecule has 0 aromatic rings. The fourth-order valence-corrected chi connectivity index (χ4v) is 5.54. The van der Waals surface area contributed by atoms with Crippen LogP contribution in [-0.4, -0.2) is 47.1 Å². The summed E-state index contributed by atoms with van der Waals surface area (Å²) in [6.07, 6.45) is 8.62. The molecule has 0 bridgehead atoms. The standard InChI is InChI=1S/C17H26N2O3/c20-15(14-8-11-4-1-2-6-13(11)18-14)19-9-12-5-3-7-17(12,10-19)16(21)22/h11-14,18H,1-10H2,(H,21,22)/t11-,12-,13+,14-,17+/m0/s1. The lowest BCUT2D eigenvalue weighted by molar-refractivity contribution is -0.149. The van der Waals surface area contributed by atoms with E-state index in [9.17, 15) is 14.7 Å². The molecule has 0 radical (unpaired) electrons. The molecule has 22 heavy (non-hydrogen) atoms. The van der Waals surface area contributed by atoms with E-state index >= 15 is 0 Å². The Morgan fingerprint density at radius 2 is 1.95 bits per heavy atom. The smallest absolute Gasteiger partial charge is 0.311 e. The second-order valence-corrected chi connectivity index (χ2v) is 7.88. The molecular weight excluding hydrogens is 280 g/mol. The quantitative estimate of drug-likeness (QED) is 0.813. The van der Waals surface area contributed by atoms with Crippen molar-refractivity contribution in [2.24, 2.45) is 17.3 Å². The largest absolute Gasteiger partial charge is 0.481 e. The maximum atomic E-state index is 12.9. The lowest BCUT2D eigenvalue weighted by Gasteiger charge is -2.25. The molecule has 2 aliphatic carbocycles. The number of carbonyl (C=O) groups is 2. The SMILES string of the molecule is O=C([C@@H]1C[C@@H]2CCCC[C@H]2N1)N1C[C@@H]2CCC[C@@]2(C(=O)O)C1. The van der Waals surface area contributed by atoms with Gasteiger partial charge in [0.15, 0.2) is 0 Å². The lowest BCUT2D eigenvalue weighted by Crippen LogP contribution is -2.46. The fraction of sp³-hybridized carbons (Fsp3) is 0.882. The van der Waals surface area contributed by atoms with E-state index in [0.717, 1.165) is 25.7 Å². The maximum Gasteiger partial charge on any atom is 0.311 e. The van der Waals surface area contributed by atoms with Gasteiger partial charge < -0.3 is 15.3 Å². The Hall–Kier alpha value is -1.10. The third-order valence-corrected chi connectivity index (χ3v) is 6.77. The predicted octanol–water partition coefficient (Wildman–Crippen LogP) is 1.62. The number of nitrogens with one attached hydrogen (secondary N) is 1. The molecule has 4 rings (SSSR count). The van der Waals surface area contributed by atoms with E-state index in [-0.39, 0.29) is 17.9 Å². The molecule has 2 saturated heterocycles. The number of rotatable bonds is 2. The van der Waals surface area contributed by atoms with Gasteiger partial charge in [-0.1, -0.05) is 19.3 Å². The number of carboxylic acid groups (broad SMARTS) is 1. The van der Waals surface area contributed by atoms with Crippen molar-refractivity contribution in [1.29, 1.82) is 0 Å². The van der Waals surface area contributed by atoms with Gasteiger partial charge in [-0.15, -0.1) is 0 Å². The third kappa shape index (κ3) is 2.08. The van der Waals surface area contributed by atoms with Crippen molar-refractivity contribution in [1.82, 2.24) is 10.2 Å². The molecule has 0 spiro atoms. The Morgan fingerprint density at radius 1 is 1.14 bits per heavy atom. The van der Waals surface area contributed by atoms with E-state index in [4.69, 9.17) is 0 Å². The van der Waals surface area contributed by atoms with Crippen LogP contribution in [0.5, 0.6) is 0 Å². The van der Waals surface area contributed by atoms with Crippen LogP contribution in [0.2, 0.25) is 0 Å². The molecule has 2 heterocycles. The molecular formula is C17H26N2O3. The average Bonchev–Trinajstić information content (AvgIpc) is 3.17. The first-order valence-electron chi connectivity index (χ1n) is 8.88. The van der Waals surface area contributed by atoms with Crippen molar-refractivity contribution < 1.29 is 14.7 Å².